The number of rotatable bonds is 7. The molecule has 0 aliphatic heterocycles. The average molecular weight is 418 g/mol. The second-order valence-electron chi connectivity index (χ2n) is 5.69. The monoisotopic (exact) mass is 416 g/mol. The van der Waals surface area contributed by atoms with Gasteiger partial charge in [-0.1, -0.05) is 34.8 Å². The number of amides is 1. The Morgan fingerprint density at radius 1 is 1.00 bits per heavy atom. The quantitative estimate of drug-likeness (QED) is 0.707. The number of anilines is 1. The van der Waals surface area contributed by atoms with E-state index in [1.165, 1.54) is 14.2 Å². The molecule has 0 saturated heterocycles. The number of ether oxygens (including phenoxy) is 2. The third kappa shape index (κ3) is 5.68. The number of carbonyl (C=O) groups excluding carboxylic acids is 1. The van der Waals surface area contributed by atoms with Crippen molar-refractivity contribution in [2.45, 2.75) is 6.54 Å². The maximum atomic E-state index is 12.4. The van der Waals surface area contributed by atoms with Gasteiger partial charge in [-0.15, -0.1) is 0 Å². The highest BCUT2D eigenvalue weighted by atomic mass is 35.5. The number of nitrogens with one attached hydrogen (secondary N) is 1. The van der Waals surface area contributed by atoms with Gasteiger partial charge in [0, 0.05) is 28.7 Å². The molecule has 0 spiro atoms. The van der Waals surface area contributed by atoms with E-state index in [1.54, 1.807) is 18.2 Å². The largest absolute Gasteiger partial charge is 0.495 e. The zero-order valence-electron chi connectivity index (χ0n) is 14.6. The smallest absolute Gasteiger partial charge is 0.238 e. The molecule has 2 aromatic rings. The molecule has 0 atom stereocenters. The van der Waals surface area contributed by atoms with Crippen LogP contribution in [0.5, 0.6) is 11.5 Å². The lowest BCUT2D eigenvalue weighted by Gasteiger charge is -2.18. The fourth-order valence-corrected chi connectivity index (χ4v) is 3.26. The molecular formula is C18H19Cl3N2O3. The molecule has 0 heterocycles. The van der Waals surface area contributed by atoms with E-state index in [1.807, 2.05) is 24.1 Å². The van der Waals surface area contributed by atoms with E-state index in [0.717, 1.165) is 5.56 Å². The Morgan fingerprint density at radius 3 is 2.19 bits per heavy atom. The molecule has 0 aromatic heterocycles. The van der Waals surface area contributed by atoms with Gasteiger partial charge in [-0.2, -0.15) is 0 Å². The third-order valence-corrected chi connectivity index (χ3v) is 4.27. The number of methoxy groups -OCH3 is 2. The van der Waals surface area contributed by atoms with E-state index in [9.17, 15) is 4.79 Å². The van der Waals surface area contributed by atoms with Crippen LogP contribution < -0.4 is 14.8 Å². The number of benzene rings is 2. The first-order chi connectivity index (χ1) is 12.3. The van der Waals surface area contributed by atoms with Gasteiger partial charge in [0.1, 0.15) is 11.5 Å². The minimum atomic E-state index is -0.205. The summed E-state index contributed by atoms with van der Waals surface area (Å²) >= 11 is 18.1. The second kappa shape index (κ2) is 9.33. The van der Waals surface area contributed by atoms with Crippen LogP contribution in [0.15, 0.2) is 30.3 Å². The Bertz CT molecular complexity index is 779. The van der Waals surface area contributed by atoms with E-state index in [2.05, 4.69) is 5.32 Å². The fraction of sp³-hybridized carbons (Fsp3) is 0.278. The minimum absolute atomic E-state index is 0.165. The molecule has 0 radical (unpaired) electrons. The molecular weight excluding hydrogens is 399 g/mol. The van der Waals surface area contributed by atoms with Crippen LogP contribution in [-0.2, 0) is 11.3 Å². The minimum Gasteiger partial charge on any atom is -0.495 e. The number of halogens is 3. The third-order valence-electron chi connectivity index (χ3n) is 3.54. The first kappa shape index (κ1) is 20.6. The molecule has 1 amide bonds. The van der Waals surface area contributed by atoms with Crippen LogP contribution in [-0.4, -0.2) is 38.6 Å². The van der Waals surface area contributed by atoms with Crippen LogP contribution in [0.25, 0.3) is 0 Å². The van der Waals surface area contributed by atoms with Crippen molar-refractivity contribution >= 4 is 46.4 Å². The summed E-state index contributed by atoms with van der Waals surface area (Å²) < 4.78 is 10.4. The summed E-state index contributed by atoms with van der Waals surface area (Å²) in [6.45, 7) is 0.688. The molecule has 26 heavy (non-hydrogen) atoms. The predicted octanol–water partition coefficient (Wildman–Crippen LogP) is 4.73. The summed E-state index contributed by atoms with van der Waals surface area (Å²) in [7, 11) is 4.83. The SMILES string of the molecule is COc1cc(NC(=O)CN(C)Cc2cc(Cl)cc(Cl)c2)c(OC)cc1Cl. The standard InChI is InChI=1S/C18H19Cl3N2O3/c1-23(9-11-4-12(19)6-13(20)5-11)10-18(24)22-15-8-16(25-2)14(21)7-17(15)26-3/h4-8H,9-10H2,1-3H3,(H,22,24). The van der Waals surface area contributed by atoms with E-state index < -0.39 is 0 Å². The van der Waals surface area contributed by atoms with Gasteiger partial charge in [0.25, 0.3) is 0 Å². The van der Waals surface area contributed by atoms with Crippen LogP contribution in [0.1, 0.15) is 5.56 Å². The lowest BCUT2D eigenvalue weighted by Crippen LogP contribution is -2.30. The topological polar surface area (TPSA) is 50.8 Å². The van der Waals surface area contributed by atoms with Gasteiger partial charge in [-0.3, -0.25) is 9.69 Å². The van der Waals surface area contributed by atoms with Crippen molar-refractivity contribution in [3.05, 3.63) is 51.0 Å². The van der Waals surface area contributed by atoms with Crippen LogP contribution in [0.2, 0.25) is 15.1 Å². The Balaban J connectivity index is 2.03. The zero-order valence-corrected chi connectivity index (χ0v) is 16.9. The van der Waals surface area contributed by atoms with Crippen molar-refractivity contribution in [2.75, 3.05) is 33.1 Å². The second-order valence-corrected chi connectivity index (χ2v) is 6.97. The number of hydrogen-bond donors (Lipinski definition) is 1. The molecule has 0 aliphatic rings. The van der Waals surface area contributed by atoms with Gasteiger partial charge in [-0.25, -0.2) is 0 Å². The number of carbonyl (C=O) groups is 1. The fourth-order valence-electron chi connectivity index (χ4n) is 2.46. The Labute approximate surface area is 167 Å². The van der Waals surface area contributed by atoms with Gasteiger partial charge in [0.05, 0.1) is 31.5 Å². The van der Waals surface area contributed by atoms with Gasteiger partial charge < -0.3 is 14.8 Å². The summed E-state index contributed by atoms with van der Waals surface area (Å²) in [6, 6.07) is 8.51. The lowest BCUT2D eigenvalue weighted by molar-refractivity contribution is -0.117. The molecule has 2 rings (SSSR count). The highest BCUT2D eigenvalue weighted by Gasteiger charge is 2.14. The number of hydrogen-bond acceptors (Lipinski definition) is 4. The Morgan fingerprint density at radius 2 is 1.62 bits per heavy atom. The number of likely N-dealkylation sites (N-methyl/N-ethyl adjacent to an activating group) is 1. The van der Waals surface area contributed by atoms with Crippen molar-refractivity contribution in [3.8, 4) is 11.5 Å². The van der Waals surface area contributed by atoms with Crippen LogP contribution >= 0.6 is 34.8 Å². The summed E-state index contributed by atoms with van der Waals surface area (Å²) in [4.78, 5) is 14.2. The Kier molecular flexibility index (Phi) is 7.41. The lowest BCUT2D eigenvalue weighted by atomic mass is 10.2. The van der Waals surface area contributed by atoms with E-state index in [-0.39, 0.29) is 12.5 Å². The highest BCUT2D eigenvalue weighted by Crippen LogP contribution is 2.35. The van der Waals surface area contributed by atoms with Crippen molar-refractivity contribution in [2.24, 2.45) is 0 Å². The maximum absolute atomic E-state index is 12.4. The van der Waals surface area contributed by atoms with E-state index in [4.69, 9.17) is 44.3 Å². The maximum Gasteiger partial charge on any atom is 0.238 e. The molecule has 0 bridgehead atoms. The van der Waals surface area contributed by atoms with Crippen molar-refractivity contribution in [3.63, 3.8) is 0 Å². The molecule has 0 unspecified atom stereocenters. The normalized spacial score (nSPS) is 10.7. The van der Waals surface area contributed by atoms with Gasteiger partial charge in [0.2, 0.25) is 5.91 Å². The molecule has 5 nitrogen and oxygen atoms in total. The first-order valence-electron chi connectivity index (χ1n) is 7.67. The summed E-state index contributed by atoms with van der Waals surface area (Å²) in [6.07, 6.45) is 0. The van der Waals surface area contributed by atoms with Crippen LogP contribution in [0, 0.1) is 0 Å². The van der Waals surface area contributed by atoms with Crippen LogP contribution in [0.3, 0.4) is 0 Å². The van der Waals surface area contributed by atoms with Crippen LogP contribution in [0.4, 0.5) is 5.69 Å². The van der Waals surface area contributed by atoms with Gasteiger partial charge in [-0.05, 0) is 30.8 Å². The summed E-state index contributed by atoms with van der Waals surface area (Å²) in [5.74, 6) is 0.696. The summed E-state index contributed by atoms with van der Waals surface area (Å²) in [5, 5.41) is 4.32. The van der Waals surface area contributed by atoms with Gasteiger partial charge >= 0.3 is 0 Å². The summed E-state index contributed by atoms with van der Waals surface area (Å²) in [5.41, 5.74) is 1.40. The predicted molar refractivity (Wildman–Crippen MR) is 106 cm³/mol. The first-order valence-corrected chi connectivity index (χ1v) is 8.80. The average Bonchev–Trinajstić information content (AvgIpc) is 2.54. The molecule has 1 N–H and O–H groups in total. The van der Waals surface area contributed by atoms with Gasteiger partial charge in [0.15, 0.2) is 0 Å². The molecule has 0 fully saturated rings. The van der Waals surface area contributed by atoms with E-state index in [0.29, 0.717) is 38.8 Å². The van der Waals surface area contributed by atoms with Crippen molar-refractivity contribution in [1.29, 1.82) is 0 Å². The molecule has 8 heteroatoms. The molecule has 140 valence electrons. The molecule has 0 aliphatic carbocycles. The Hall–Kier alpha value is -1.66. The van der Waals surface area contributed by atoms with E-state index >= 15 is 0 Å². The van der Waals surface area contributed by atoms with Crippen molar-refractivity contribution in [1.82, 2.24) is 4.90 Å². The number of nitrogens with zero attached hydrogens (tertiary/aromatic N) is 1. The highest BCUT2D eigenvalue weighted by molar-refractivity contribution is 6.34. The molecule has 2 aromatic carbocycles. The van der Waals surface area contributed by atoms with Crippen molar-refractivity contribution < 1.29 is 14.3 Å². The molecule has 0 saturated carbocycles. The zero-order chi connectivity index (χ0) is 19.3.